The van der Waals surface area contributed by atoms with Gasteiger partial charge in [-0.15, -0.1) is 10.2 Å². The molecule has 1 atom stereocenters. The summed E-state index contributed by atoms with van der Waals surface area (Å²) >= 11 is 5.81. The molecule has 0 saturated carbocycles. The van der Waals surface area contributed by atoms with Gasteiger partial charge in [-0.1, -0.05) is 16.8 Å². The molecule has 88 valence electrons. The zero-order valence-electron chi connectivity index (χ0n) is 8.88. The molecular formula is C9H9ClN6O. The second kappa shape index (κ2) is 4.88. The average molecular weight is 253 g/mol. The number of hydrogen-bond acceptors (Lipinski definition) is 5. The first-order chi connectivity index (χ1) is 8.18. The number of carbonyl (C=O) groups is 1. The highest BCUT2D eigenvalue weighted by Crippen LogP contribution is 2.13. The molecule has 1 unspecified atom stereocenters. The van der Waals surface area contributed by atoms with Crippen molar-refractivity contribution < 1.29 is 4.79 Å². The Morgan fingerprint density at radius 2 is 2.41 bits per heavy atom. The van der Waals surface area contributed by atoms with E-state index in [0.29, 0.717) is 11.4 Å². The minimum Gasteiger partial charge on any atom is -0.342 e. The molecule has 0 radical (unpaired) electrons. The van der Waals surface area contributed by atoms with Crippen LogP contribution in [-0.4, -0.2) is 31.5 Å². The summed E-state index contributed by atoms with van der Waals surface area (Å²) < 4.78 is 0. The Hall–Kier alpha value is -2.02. The lowest BCUT2D eigenvalue weighted by Gasteiger charge is -2.10. The van der Waals surface area contributed by atoms with Crippen LogP contribution in [0.2, 0.25) is 5.15 Å². The van der Waals surface area contributed by atoms with E-state index in [1.807, 2.05) is 0 Å². The van der Waals surface area contributed by atoms with Gasteiger partial charge >= 0.3 is 0 Å². The topological polar surface area (TPSA) is 96.5 Å². The summed E-state index contributed by atoms with van der Waals surface area (Å²) in [6, 6.07) is 2.87. The number of nitrogens with one attached hydrogen (secondary N) is 2. The Morgan fingerprint density at radius 1 is 1.59 bits per heavy atom. The summed E-state index contributed by atoms with van der Waals surface area (Å²) in [6.45, 7) is 1.74. The quantitative estimate of drug-likeness (QED) is 0.786. The summed E-state index contributed by atoms with van der Waals surface area (Å²) in [6.07, 6.45) is 1.52. The van der Waals surface area contributed by atoms with Gasteiger partial charge in [0.15, 0.2) is 5.82 Å². The first-order valence-electron chi connectivity index (χ1n) is 4.83. The van der Waals surface area contributed by atoms with Crippen molar-refractivity contribution in [2.24, 2.45) is 0 Å². The summed E-state index contributed by atoms with van der Waals surface area (Å²) in [5.41, 5.74) is 0.310. The van der Waals surface area contributed by atoms with Gasteiger partial charge in [0, 0.05) is 6.20 Å². The standard InChI is InChI=1S/C9H9ClN6O/c1-5(8-13-15-16-14-8)12-9(17)6-3-2-4-11-7(6)10/h2-5H,1H3,(H,12,17)(H,13,14,15,16). The fraction of sp³-hybridized carbons (Fsp3) is 0.222. The molecule has 17 heavy (non-hydrogen) atoms. The van der Waals surface area contributed by atoms with E-state index in [-0.39, 0.29) is 17.1 Å². The van der Waals surface area contributed by atoms with E-state index in [1.165, 1.54) is 6.20 Å². The van der Waals surface area contributed by atoms with Gasteiger partial charge in [-0.3, -0.25) is 4.79 Å². The maximum atomic E-state index is 11.8. The molecule has 0 aliphatic carbocycles. The highest BCUT2D eigenvalue weighted by atomic mass is 35.5. The molecule has 0 fully saturated rings. The number of aromatic nitrogens is 5. The van der Waals surface area contributed by atoms with Crippen LogP contribution < -0.4 is 5.32 Å². The summed E-state index contributed by atoms with van der Waals surface area (Å²) in [4.78, 5) is 15.7. The van der Waals surface area contributed by atoms with Crippen molar-refractivity contribution in [3.05, 3.63) is 34.9 Å². The van der Waals surface area contributed by atoms with Gasteiger partial charge in [-0.05, 0) is 19.1 Å². The maximum Gasteiger partial charge on any atom is 0.254 e. The van der Waals surface area contributed by atoms with Gasteiger partial charge < -0.3 is 5.32 Å². The highest BCUT2D eigenvalue weighted by molar-refractivity contribution is 6.32. The maximum absolute atomic E-state index is 11.8. The van der Waals surface area contributed by atoms with Crippen LogP contribution in [0.15, 0.2) is 18.3 Å². The predicted molar refractivity (Wildman–Crippen MR) is 59.3 cm³/mol. The van der Waals surface area contributed by atoms with Crippen molar-refractivity contribution in [3.8, 4) is 0 Å². The fourth-order valence-corrected chi connectivity index (χ4v) is 1.45. The Balaban J connectivity index is 2.10. The number of hydrogen-bond donors (Lipinski definition) is 2. The second-order valence-electron chi connectivity index (χ2n) is 3.31. The van der Waals surface area contributed by atoms with Gasteiger partial charge in [0.05, 0.1) is 11.6 Å². The Morgan fingerprint density at radius 3 is 3.06 bits per heavy atom. The van der Waals surface area contributed by atoms with Crippen molar-refractivity contribution in [3.63, 3.8) is 0 Å². The lowest BCUT2D eigenvalue weighted by molar-refractivity contribution is 0.0938. The fourth-order valence-electron chi connectivity index (χ4n) is 1.25. The van der Waals surface area contributed by atoms with Crippen molar-refractivity contribution >= 4 is 17.5 Å². The van der Waals surface area contributed by atoms with Gasteiger partial charge in [0.25, 0.3) is 5.91 Å². The van der Waals surface area contributed by atoms with Crippen LogP contribution in [0.3, 0.4) is 0 Å². The van der Waals surface area contributed by atoms with Gasteiger partial charge in [-0.25, -0.2) is 4.98 Å². The first kappa shape index (κ1) is 11.5. The van der Waals surface area contributed by atoms with Crippen LogP contribution in [0.5, 0.6) is 0 Å². The molecular weight excluding hydrogens is 244 g/mol. The van der Waals surface area contributed by atoms with Crippen molar-refractivity contribution in [2.75, 3.05) is 0 Å². The van der Waals surface area contributed by atoms with E-state index in [1.54, 1.807) is 19.1 Å². The third-order valence-electron chi connectivity index (χ3n) is 2.10. The van der Waals surface area contributed by atoms with Crippen LogP contribution in [-0.2, 0) is 0 Å². The van der Waals surface area contributed by atoms with Crippen LogP contribution in [0.4, 0.5) is 0 Å². The van der Waals surface area contributed by atoms with Crippen molar-refractivity contribution in [2.45, 2.75) is 13.0 Å². The summed E-state index contributed by atoms with van der Waals surface area (Å²) in [5.74, 6) is 0.0683. The summed E-state index contributed by atoms with van der Waals surface area (Å²) in [5, 5.41) is 16.1. The Kier molecular flexibility index (Phi) is 3.29. The number of pyridine rings is 1. The third-order valence-corrected chi connectivity index (χ3v) is 2.40. The van der Waals surface area contributed by atoms with Crippen molar-refractivity contribution in [1.29, 1.82) is 0 Å². The van der Waals surface area contributed by atoms with E-state index >= 15 is 0 Å². The zero-order chi connectivity index (χ0) is 12.3. The molecule has 0 bridgehead atoms. The van der Waals surface area contributed by atoms with Crippen molar-refractivity contribution in [1.82, 2.24) is 30.9 Å². The molecule has 7 nitrogen and oxygen atoms in total. The molecule has 2 N–H and O–H groups in total. The normalized spacial score (nSPS) is 12.1. The molecule has 2 rings (SSSR count). The number of carbonyl (C=O) groups excluding carboxylic acids is 1. The SMILES string of the molecule is CC(NC(=O)c1cccnc1Cl)c1nn[nH]n1. The molecule has 0 aliphatic heterocycles. The minimum atomic E-state index is -0.363. The van der Waals surface area contributed by atoms with Crippen LogP contribution >= 0.6 is 11.6 Å². The van der Waals surface area contributed by atoms with E-state index in [4.69, 9.17) is 11.6 Å². The number of nitrogens with zero attached hydrogens (tertiary/aromatic N) is 4. The first-order valence-corrected chi connectivity index (χ1v) is 5.21. The van der Waals surface area contributed by atoms with Crippen LogP contribution in [0.1, 0.15) is 29.1 Å². The molecule has 0 saturated heterocycles. The molecule has 8 heteroatoms. The molecule has 0 spiro atoms. The van der Waals surface area contributed by atoms with Gasteiger partial charge in [-0.2, -0.15) is 5.21 Å². The zero-order valence-corrected chi connectivity index (χ0v) is 9.64. The van der Waals surface area contributed by atoms with E-state index in [0.717, 1.165) is 0 Å². The summed E-state index contributed by atoms with van der Waals surface area (Å²) in [7, 11) is 0. The number of rotatable bonds is 3. The average Bonchev–Trinajstić information content (AvgIpc) is 2.82. The Labute approximate surface area is 102 Å². The minimum absolute atomic E-state index is 0.158. The number of tetrazole rings is 1. The number of halogens is 1. The molecule has 0 aliphatic rings. The van der Waals surface area contributed by atoms with Gasteiger partial charge in [0.2, 0.25) is 0 Å². The van der Waals surface area contributed by atoms with E-state index in [9.17, 15) is 4.79 Å². The van der Waals surface area contributed by atoms with Crippen LogP contribution in [0.25, 0.3) is 0 Å². The molecule has 1 amide bonds. The largest absolute Gasteiger partial charge is 0.342 e. The smallest absolute Gasteiger partial charge is 0.254 e. The van der Waals surface area contributed by atoms with E-state index < -0.39 is 0 Å². The monoisotopic (exact) mass is 252 g/mol. The number of H-pyrrole nitrogens is 1. The predicted octanol–water partition coefficient (Wildman–Crippen LogP) is 0.739. The molecule has 2 aromatic rings. The molecule has 0 aromatic carbocycles. The van der Waals surface area contributed by atoms with Crippen LogP contribution in [0, 0.1) is 0 Å². The van der Waals surface area contributed by atoms with Gasteiger partial charge in [0.1, 0.15) is 5.15 Å². The lowest BCUT2D eigenvalue weighted by atomic mass is 10.2. The highest BCUT2D eigenvalue weighted by Gasteiger charge is 2.16. The Bertz CT molecular complexity index is 514. The number of aromatic amines is 1. The third kappa shape index (κ3) is 2.56. The lowest BCUT2D eigenvalue weighted by Crippen LogP contribution is -2.27. The molecule has 2 heterocycles. The molecule has 2 aromatic heterocycles. The van der Waals surface area contributed by atoms with E-state index in [2.05, 4.69) is 30.9 Å². The number of amides is 1. The second-order valence-corrected chi connectivity index (χ2v) is 3.66.